The van der Waals surface area contributed by atoms with Crippen LogP contribution >= 0.6 is 11.5 Å². The number of nitrogens with one attached hydrogen (secondary N) is 1. The summed E-state index contributed by atoms with van der Waals surface area (Å²) < 4.78 is 3.96. The van der Waals surface area contributed by atoms with Gasteiger partial charge in [0.15, 0.2) is 0 Å². The summed E-state index contributed by atoms with van der Waals surface area (Å²) >= 11 is 1.22. The third-order valence-electron chi connectivity index (χ3n) is 3.78. The third kappa shape index (κ3) is 3.55. The smallest absolute Gasteiger partial charge is 0.267 e. The van der Waals surface area contributed by atoms with Gasteiger partial charge in [-0.25, -0.2) is 0 Å². The SMILES string of the molecule is CCN(CC1CCCCN1)C(=O)c1snnc1C(C)C. The van der Waals surface area contributed by atoms with E-state index in [0.717, 1.165) is 31.7 Å². The van der Waals surface area contributed by atoms with E-state index in [9.17, 15) is 4.79 Å². The van der Waals surface area contributed by atoms with Crippen LogP contribution in [-0.4, -0.2) is 46.1 Å². The molecule has 0 bridgehead atoms. The molecule has 1 N–H and O–H groups in total. The van der Waals surface area contributed by atoms with Gasteiger partial charge in [-0.3, -0.25) is 4.79 Å². The Hall–Kier alpha value is -1.01. The third-order valence-corrected chi connectivity index (χ3v) is 4.51. The van der Waals surface area contributed by atoms with Crippen LogP contribution in [0.1, 0.15) is 61.3 Å². The Morgan fingerprint density at radius 3 is 2.90 bits per heavy atom. The van der Waals surface area contributed by atoms with Gasteiger partial charge in [0.1, 0.15) is 4.88 Å². The molecule has 1 aliphatic heterocycles. The van der Waals surface area contributed by atoms with Gasteiger partial charge in [-0.15, -0.1) is 5.10 Å². The number of carbonyl (C=O) groups excluding carboxylic acids is 1. The maximum atomic E-state index is 12.7. The Bertz CT molecular complexity index is 440. The Morgan fingerprint density at radius 1 is 1.50 bits per heavy atom. The average Bonchev–Trinajstić information content (AvgIpc) is 2.94. The summed E-state index contributed by atoms with van der Waals surface area (Å²) in [5.41, 5.74) is 0.829. The van der Waals surface area contributed by atoms with E-state index in [1.54, 1.807) is 0 Å². The first-order valence-corrected chi connectivity index (χ1v) is 8.25. The van der Waals surface area contributed by atoms with Crippen molar-refractivity contribution < 1.29 is 4.79 Å². The van der Waals surface area contributed by atoms with E-state index in [-0.39, 0.29) is 11.8 Å². The van der Waals surface area contributed by atoms with Gasteiger partial charge < -0.3 is 10.2 Å². The lowest BCUT2D eigenvalue weighted by molar-refractivity contribution is 0.0744. The summed E-state index contributed by atoms with van der Waals surface area (Å²) in [6.45, 7) is 8.70. The minimum atomic E-state index is 0.0820. The van der Waals surface area contributed by atoms with Crippen molar-refractivity contribution in [1.29, 1.82) is 0 Å². The fraction of sp³-hybridized carbons (Fsp3) is 0.786. The molecular formula is C14H24N4OS. The number of hydrogen-bond acceptors (Lipinski definition) is 5. The van der Waals surface area contributed by atoms with Crippen LogP contribution < -0.4 is 5.32 Å². The molecule has 1 aromatic heterocycles. The summed E-state index contributed by atoms with van der Waals surface area (Å²) in [6, 6.07) is 0.427. The lowest BCUT2D eigenvalue weighted by atomic mass is 10.0. The number of hydrogen-bond donors (Lipinski definition) is 1. The molecule has 1 aliphatic rings. The van der Waals surface area contributed by atoms with Crippen LogP contribution in [0.25, 0.3) is 0 Å². The summed E-state index contributed by atoms with van der Waals surface area (Å²) in [6.07, 6.45) is 3.65. The summed E-state index contributed by atoms with van der Waals surface area (Å²) in [5.74, 6) is 0.317. The minimum absolute atomic E-state index is 0.0820. The van der Waals surface area contributed by atoms with Crippen molar-refractivity contribution in [1.82, 2.24) is 19.8 Å². The van der Waals surface area contributed by atoms with Crippen molar-refractivity contribution in [3.05, 3.63) is 10.6 Å². The molecule has 1 aromatic rings. The molecule has 1 amide bonds. The normalized spacial score (nSPS) is 19.3. The minimum Gasteiger partial charge on any atom is -0.337 e. The fourth-order valence-electron chi connectivity index (χ4n) is 2.57. The number of aromatic nitrogens is 2. The number of nitrogens with zero attached hydrogens (tertiary/aromatic N) is 3. The molecule has 2 heterocycles. The van der Waals surface area contributed by atoms with Crippen LogP contribution in [-0.2, 0) is 0 Å². The van der Waals surface area contributed by atoms with E-state index in [1.807, 2.05) is 25.7 Å². The van der Waals surface area contributed by atoms with Crippen LogP contribution in [0, 0.1) is 0 Å². The van der Waals surface area contributed by atoms with Crippen molar-refractivity contribution in [2.45, 2.75) is 52.0 Å². The maximum Gasteiger partial charge on any atom is 0.267 e. The number of likely N-dealkylation sites (N-methyl/N-ethyl adjacent to an activating group) is 1. The highest BCUT2D eigenvalue weighted by Crippen LogP contribution is 2.22. The van der Waals surface area contributed by atoms with Crippen molar-refractivity contribution in [2.75, 3.05) is 19.6 Å². The molecule has 5 nitrogen and oxygen atoms in total. The molecule has 1 atom stereocenters. The fourth-order valence-corrected chi connectivity index (χ4v) is 3.36. The van der Waals surface area contributed by atoms with Crippen LogP contribution in [0.2, 0.25) is 0 Å². The van der Waals surface area contributed by atoms with E-state index in [2.05, 4.69) is 14.9 Å². The van der Waals surface area contributed by atoms with Crippen LogP contribution in [0.3, 0.4) is 0 Å². The van der Waals surface area contributed by atoms with E-state index < -0.39 is 0 Å². The van der Waals surface area contributed by atoms with E-state index in [4.69, 9.17) is 0 Å². The number of piperidine rings is 1. The van der Waals surface area contributed by atoms with Gasteiger partial charge >= 0.3 is 0 Å². The van der Waals surface area contributed by atoms with Crippen molar-refractivity contribution in [3.8, 4) is 0 Å². The van der Waals surface area contributed by atoms with Crippen LogP contribution in [0.5, 0.6) is 0 Å². The topological polar surface area (TPSA) is 58.1 Å². The van der Waals surface area contributed by atoms with Gasteiger partial charge in [-0.1, -0.05) is 24.8 Å². The van der Waals surface area contributed by atoms with Crippen molar-refractivity contribution in [3.63, 3.8) is 0 Å². The van der Waals surface area contributed by atoms with Gasteiger partial charge in [-0.2, -0.15) is 0 Å². The molecule has 0 aromatic carbocycles. The Balaban J connectivity index is 2.06. The zero-order valence-corrected chi connectivity index (χ0v) is 13.4. The van der Waals surface area contributed by atoms with E-state index in [1.165, 1.54) is 24.4 Å². The standard InChI is InChI=1S/C14H24N4OS/c1-4-18(9-11-7-5-6-8-15-11)14(19)13-12(10(2)3)16-17-20-13/h10-11,15H,4-9H2,1-3H3. The predicted octanol–water partition coefficient (Wildman–Crippen LogP) is 2.27. The maximum absolute atomic E-state index is 12.7. The molecule has 0 spiro atoms. The highest BCUT2D eigenvalue weighted by molar-refractivity contribution is 7.08. The van der Waals surface area contributed by atoms with E-state index >= 15 is 0 Å². The Labute approximate surface area is 124 Å². The molecule has 112 valence electrons. The van der Waals surface area contributed by atoms with Gasteiger partial charge in [0.2, 0.25) is 0 Å². The summed E-state index contributed by atoms with van der Waals surface area (Å²) in [5, 5.41) is 7.61. The van der Waals surface area contributed by atoms with Gasteiger partial charge in [0.05, 0.1) is 5.69 Å². The second-order valence-electron chi connectivity index (χ2n) is 5.63. The average molecular weight is 296 g/mol. The molecule has 1 fully saturated rings. The van der Waals surface area contributed by atoms with Crippen molar-refractivity contribution in [2.24, 2.45) is 0 Å². The monoisotopic (exact) mass is 296 g/mol. The molecule has 0 radical (unpaired) electrons. The van der Waals surface area contributed by atoms with Gasteiger partial charge in [0.25, 0.3) is 5.91 Å². The largest absolute Gasteiger partial charge is 0.337 e. The Kier molecular flexibility index (Phi) is 5.48. The quantitative estimate of drug-likeness (QED) is 0.905. The molecule has 20 heavy (non-hydrogen) atoms. The number of carbonyl (C=O) groups is 1. The first-order valence-electron chi connectivity index (χ1n) is 7.48. The zero-order valence-electron chi connectivity index (χ0n) is 12.6. The van der Waals surface area contributed by atoms with E-state index in [0.29, 0.717) is 10.9 Å². The zero-order chi connectivity index (χ0) is 14.5. The second kappa shape index (κ2) is 7.13. The lowest BCUT2D eigenvalue weighted by Gasteiger charge is -2.29. The number of rotatable bonds is 5. The molecule has 0 aliphatic carbocycles. The molecule has 2 rings (SSSR count). The molecule has 6 heteroatoms. The van der Waals surface area contributed by atoms with Gasteiger partial charge in [0, 0.05) is 19.1 Å². The van der Waals surface area contributed by atoms with Crippen molar-refractivity contribution >= 4 is 17.4 Å². The number of amides is 1. The van der Waals surface area contributed by atoms with Gasteiger partial charge in [-0.05, 0) is 43.8 Å². The van der Waals surface area contributed by atoms with Crippen LogP contribution in [0.15, 0.2) is 0 Å². The Morgan fingerprint density at radius 2 is 2.30 bits per heavy atom. The second-order valence-corrected chi connectivity index (χ2v) is 6.39. The molecule has 1 unspecified atom stereocenters. The summed E-state index contributed by atoms with van der Waals surface area (Å²) in [4.78, 5) is 15.3. The first kappa shape index (κ1) is 15.4. The highest BCUT2D eigenvalue weighted by Gasteiger charge is 2.25. The highest BCUT2D eigenvalue weighted by atomic mass is 32.1. The molecular weight excluding hydrogens is 272 g/mol. The predicted molar refractivity (Wildman–Crippen MR) is 81.2 cm³/mol. The lowest BCUT2D eigenvalue weighted by Crippen LogP contribution is -2.45. The molecule has 1 saturated heterocycles. The first-order chi connectivity index (χ1) is 9.63. The molecule has 0 saturated carbocycles. The summed E-state index contributed by atoms with van der Waals surface area (Å²) in [7, 11) is 0. The van der Waals surface area contributed by atoms with Crippen LogP contribution in [0.4, 0.5) is 0 Å².